The van der Waals surface area contributed by atoms with Crippen molar-refractivity contribution in [2.45, 2.75) is 36.6 Å². The molecule has 1 saturated heterocycles. The molecule has 7 rings (SSSR count). The molecule has 0 aromatic heterocycles. The summed E-state index contributed by atoms with van der Waals surface area (Å²) in [6.45, 7) is 6.05. The molecule has 1 N–H and O–H groups in total. The third-order valence-corrected chi connectivity index (χ3v) is 9.52. The van der Waals surface area contributed by atoms with Crippen LogP contribution in [0.3, 0.4) is 0 Å². The smallest absolute Gasteiger partial charge is 0.247 e. The summed E-state index contributed by atoms with van der Waals surface area (Å²) in [6.07, 6.45) is 0. The second-order valence-corrected chi connectivity index (χ2v) is 11.8. The van der Waals surface area contributed by atoms with Gasteiger partial charge in [0, 0.05) is 5.69 Å². The van der Waals surface area contributed by atoms with Gasteiger partial charge in [-0.25, -0.2) is 0 Å². The maximum absolute atomic E-state index is 14.3. The van der Waals surface area contributed by atoms with Crippen LogP contribution >= 0.6 is 23.2 Å². The van der Waals surface area contributed by atoms with Crippen LogP contribution in [-0.4, -0.2) is 35.3 Å². The van der Waals surface area contributed by atoms with Gasteiger partial charge in [0.2, 0.25) is 17.7 Å². The highest BCUT2D eigenvalue weighted by molar-refractivity contribution is 6.36. The van der Waals surface area contributed by atoms with Crippen molar-refractivity contribution in [3.05, 3.63) is 95.1 Å². The van der Waals surface area contributed by atoms with E-state index in [1.807, 2.05) is 69.3 Å². The molecule has 0 saturated carbocycles. The molecule has 2 bridgehead atoms. The third-order valence-electron chi connectivity index (χ3n) is 8.23. The van der Waals surface area contributed by atoms with Gasteiger partial charge in [0.15, 0.2) is 0 Å². The molecule has 3 amide bonds. The van der Waals surface area contributed by atoms with Gasteiger partial charge in [-0.3, -0.25) is 19.3 Å². The predicted octanol–water partition coefficient (Wildman–Crippen LogP) is 5.64. The predicted molar refractivity (Wildman–Crippen MR) is 150 cm³/mol. The van der Waals surface area contributed by atoms with E-state index in [0.717, 1.165) is 27.2 Å². The average Bonchev–Trinajstić information content (AvgIpc) is 3.19. The van der Waals surface area contributed by atoms with Crippen molar-refractivity contribution >= 4 is 46.6 Å². The summed E-state index contributed by atoms with van der Waals surface area (Å²) >= 11 is 15.0. The number of amides is 3. The number of likely N-dealkylation sites (tertiary alicyclic amines) is 1. The normalized spacial score (nSPS) is 27.2. The molecule has 3 aromatic rings. The highest BCUT2D eigenvalue weighted by atomic mass is 35.5. The van der Waals surface area contributed by atoms with Gasteiger partial charge in [-0.1, -0.05) is 62.4 Å². The van der Waals surface area contributed by atoms with Gasteiger partial charge >= 0.3 is 0 Å². The summed E-state index contributed by atoms with van der Waals surface area (Å²) in [5.74, 6) is -2.99. The summed E-state index contributed by atoms with van der Waals surface area (Å²) in [5, 5.41) is 2.88. The minimum Gasteiger partial charge on any atom is -0.494 e. The molecule has 6 nitrogen and oxygen atoms in total. The first kappa shape index (κ1) is 25.9. The molecule has 1 heterocycles. The summed E-state index contributed by atoms with van der Waals surface area (Å²) in [7, 11) is 0. The fourth-order valence-corrected chi connectivity index (χ4v) is 7.80. The SMILES string of the molecule is CCOc1ccc(NC(=O)[C@H](C(C)C)N2C(=O)[C@@H]3[C@@H](C2=O)C2(Cl)c4ccccc4C3(Cl)c3ccccc32)cc1. The van der Waals surface area contributed by atoms with Crippen molar-refractivity contribution in [1.82, 2.24) is 4.90 Å². The summed E-state index contributed by atoms with van der Waals surface area (Å²) in [5.41, 5.74) is 3.44. The number of hydrogen-bond donors (Lipinski definition) is 1. The van der Waals surface area contributed by atoms with Crippen molar-refractivity contribution in [2.75, 3.05) is 11.9 Å². The first-order valence-electron chi connectivity index (χ1n) is 13.1. The van der Waals surface area contributed by atoms with E-state index in [1.54, 1.807) is 24.3 Å². The molecule has 1 aliphatic heterocycles. The molecular weight excluding hydrogens is 535 g/mol. The number of benzene rings is 3. The molecule has 39 heavy (non-hydrogen) atoms. The average molecular weight is 563 g/mol. The number of halogens is 2. The van der Waals surface area contributed by atoms with Gasteiger partial charge in [0.25, 0.3) is 0 Å². The number of anilines is 1. The van der Waals surface area contributed by atoms with Crippen molar-refractivity contribution in [3.63, 3.8) is 0 Å². The van der Waals surface area contributed by atoms with Crippen molar-refractivity contribution in [3.8, 4) is 5.75 Å². The lowest BCUT2D eigenvalue weighted by Gasteiger charge is -2.54. The Morgan fingerprint density at radius 3 is 1.67 bits per heavy atom. The lowest BCUT2D eigenvalue weighted by Crippen LogP contribution is -2.57. The van der Waals surface area contributed by atoms with Crippen LogP contribution in [0.15, 0.2) is 72.8 Å². The van der Waals surface area contributed by atoms with Gasteiger partial charge in [-0.15, -0.1) is 23.2 Å². The van der Waals surface area contributed by atoms with Gasteiger partial charge in [-0.05, 0) is 59.4 Å². The zero-order valence-corrected chi connectivity index (χ0v) is 23.3. The summed E-state index contributed by atoms with van der Waals surface area (Å²) < 4.78 is 5.48. The maximum atomic E-state index is 14.3. The van der Waals surface area contributed by atoms with Crippen molar-refractivity contribution < 1.29 is 19.1 Å². The Morgan fingerprint density at radius 1 is 0.846 bits per heavy atom. The number of imide groups is 1. The second kappa shape index (κ2) is 9.10. The highest BCUT2D eigenvalue weighted by Crippen LogP contribution is 2.69. The van der Waals surface area contributed by atoms with Crippen LogP contribution in [-0.2, 0) is 24.1 Å². The quantitative estimate of drug-likeness (QED) is 0.311. The monoisotopic (exact) mass is 562 g/mol. The second-order valence-electron chi connectivity index (χ2n) is 10.7. The lowest BCUT2D eigenvalue weighted by molar-refractivity contribution is -0.148. The molecule has 0 unspecified atom stereocenters. The molecule has 200 valence electrons. The first-order valence-corrected chi connectivity index (χ1v) is 13.9. The third kappa shape index (κ3) is 3.44. The van der Waals surface area contributed by atoms with Crippen LogP contribution in [0.2, 0.25) is 0 Å². The standard InChI is InChI=1S/C31H28Cl2N2O4/c1-4-39-19-15-13-18(14-16-19)34-27(36)26(17(2)3)35-28(37)24-25(29(35)38)31(33)21-10-6-5-9-20(21)30(24,32)22-11-7-8-12-23(22)31/h5-17,24-26H,4H2,1-3H3,(H,34,36)/t24-,25-,26-,30?,31?/m0/s1. The minimum absolute atomic E-state index is 0.360. The maximum Gasteiger partial charge on any atom is 0.247 e. The van der Waals surface area contributed by atoms with Gasteiger partial charge in [-0.2, -0.15) is 0 Å². The van der Waals surface area contributed by atoms with Gasteiger partial charge in [0.1, 0.15) is 21.5 Å². The lowest BCUT2D eigenvalue weighted by atomic mass is 9.54. The zero-order chi connectivity index (χ0) is 27.7. The number of nitrogens with one attached hydrogen (secondary N) is 1. The van der Waals surface area contributed by atoms with Crippen LogP contribution in [0, 0.1) is 17.8 Å². The molecule has 1 fully saturated rings. The number of alkyl halides is 2. The number of hydrogen-bond acceptors (Lipinski definition) is 4. The number of ether oxygens (including phenoxy) is 1. The van der Waals surface area contributed by atoms with Crippen LogP contribution in [0.5, 0.6) is 5.75 Å². The van der Waals surface area contributed by atoms with E-state index in [-0.39, 0.29) is 5.92 Å². The Balaban J connectivity index is 1.42. The topological polar surface area (TPSA) is 75.7 Å². The Hall–Kier alpha value is -3.35. The number of carbonyl (C=O) groups is 3. The molecule has 3 atom stereocenters. The Labute approximate surface area is 237 Å². The Kier molecular flexibility index (Phi) is 6.05. The molecule has 4 aliphatic rings. The molecule has 0 radical (unpaired) electrons. The van der Waals surface area contributed by atoms with Crippen LogP contribution < -0.4 is 10.1 Å². The molecule has 3 aliphatic carbocycles. The van der Waals surface area contributed by atoms with E-state index in [4.69, 9.17) is 27.9 Å². The van der Waals surface area contributed by atoms with E-state index in [1.165, 1.54) is 0 Å². The van der Waals surface area contributed by atoms with Crippen LogP contribution in [0.4, 0.5) is 5.69 Å². The largest absolute Gasteiger partial charge is 0.494 e. The van der Waals surface area contributed by atoms with Gasteiger partial charge in [0.05, 0.1) is 18.4 Å². The van der Waals surface area contributed by atoms with E-state index in [2.05, 4.69) is 5.32 Å². The molecule has 8 heteroatoms. The number of carbonyl (C=O) groups excluding carboxylic acids is 3. The van der Waals surface area contributed by atoms with E-state index in [9.17, 15) is 14.4 Å². The summed E-state index contributed by atoms with van der Waals surface area (Å²) in [4.78, 5) is 40.8. The van der Waals surface area contributed by atoms with Crippen molar-refractivity contribution in [1.29, 1.82) is 0 Å². The molecule has 0 spiro atoms. The zero-order valence-electron chi connectivity index (χ0n) is 21.8. The minimum atomic E-state index is -1.29. The number of rotatable bonds is 6. The Morgan fingerprint density at radius 2 is 1.28 bits per heavy atom. The van der Waals surface area contributed by atoms with Gasteiger partial charge < -0.3 is 10.1 Å². The van der Waals surface area contributed by atoms with Crippen LogP contribution in [0.1, 0.15) is 43.0 Å². The van der Waals surface area contributed by atoms with E-state index in [0.29, 0.717) is 18.0 Å². The van der Waals surface area contributed by atoms with E-state index < -0.39 is 45.3 Å². The fraction of sp³-hybridized carbons (Fsp3) is 0.323. The number of nitrogens with zero attached hydrogens (tertiary/aromatic N) is 1. The van der Waals surface area contributed by atoms with E-state index >= 15 is 0 Å². The molecular formula is C31H28Cl2N2O4. The Bertz CT molecular complexity index is 1380. The van der Waals surface area contributed by atoms with Crippen LogP contribution in [0.25, 0.3) is 0 Å². The summed E-state index contributed by atoms with van der Waals surface area (Å²) in [6, 6.07) is 20.9. The van der Waals surface area contributed by atoms with Crippen molar-refractivity contribution in [2.24, 2.45) is 17.8 Å². The highest BCUT2D eigenvalue weighted by Gasteiger charge is 2.73. The fourth-order valence-electron chi connectivity index (χ4n) is 6.70. The molecule has 3 aromatic carbocycles. The first-order chi connectivity index (χ1) is 18.6.